The summed E-state index contributed by atoms with van der Waals surface area (Å²) in [6.45, 7) is 6.96. The first-order valence-electron chi connectivity index (χ1n) is 6.84. The number of imidazole rings is 1. The Hall–Kier alpha value is -2.13. The second-order valence-electron chi connectivity index (χ2n) is 5.38. The van der Waals surface area contributed by atoms with Crippen LogP contribution in [0.25, 0.3) is 16.9 Å². The molecular formula is C17H19N3. The van der Waals surface area contributed by atoms with Crippen molar-refractivity contribution in [3.63, 3.8) is 0 Å². The summed E-state index contributed by atoms with van der Waals surface area (Å²) in [7, 11) is 0. The minimum absolute atomic E-state index is 0.543. The summed E-state index contributed by atoms with van der Waals surface area (Å²) in [5.74, 6) is 0. The number of hydrogen-bond donors (Lipinski definition) is 1. The van der Waals surface area contributed by atoms with Crippen molar-refractivity contribution in [1.82, 2.24) is 9.38 Å². The standard InChI is InChI=1S/C17H19N3/c1-11-6-13(3)15(7-12(11)2)16-10-20-5-4-14(9-18)8-17(20)19-16/h4-8,10H,9,18H2,1-3H3. The molecule has 2 heterocycles. The van der Waals surface area contributed by atoms with Crippen LogP contribution in [0, 0.1) is 20.8 Å². The van der Waals surface area contributed by atoms with Gasteiger partial charge in [0.2, 0.25) is 0 Å². The lowest BCUT2D eigenvalue weighted by Gasteiger charge is -2.07. The number of fused-ring (bicyclic) bond motifs is 1. The van der Waals surface area contributed by atoms with Crippen molar-refractivity contribution in [1.29, 1.82) is 0 Å². The molecule has 0 amide bonds. The van der Waals surface area contributed by atoms with E-state index in [4.69, 9.17) is 10.7 Å². The van der Waals surface area contributed by atoms with E-state index >= 15 is 0 Å². The predicted molar refractivity (Wildman–Crippen MR) is 82.7 cm³/mol. The van der Waals surface area contributed by atoms with Gasteiger partial charge in [-0.15, -0.1) is 0 Å². The van der Waals surface area contributed by atoms with Gasteiger partial charge in [0.1, 0.15) is 5.65 Å². The van der Waals surface area contributed by atoms with Crippen LogP contribution in [-0.2, 0) is 6.54 Å². The molecule has 3 nitrogen and oxygen atoms in total. The van der Waals surface area contributed by atoms with Crippen molar-refractivity contribution < 1.29 is 0 Å². The molecule has 0 aliphatic rings. The number of hydrogen-bond acceptors (Lipinski definition) is 2. The first-order chi connectivity index (χ1) is 9.58. The summed E-state index contributed by atoms with van der Waals surface area (Å²) in [5, 5.41) is 0. The lowest BCUT2D eigenvalue weighted by molar-refractivity contribution is 1.05. The second kappa shape index (κ2) is 4.76. The summed E-state index contributed by atoms with van der Waals surface area (Å²) in [6.07, 6.45) is 4.09. The third-order valence-electron chi connectivity index (χ3n) is 3.88. The Labute approximate surface area is 119 Å². The van der Waals surface area contributed by atoms with Crippen LogP contribution < -0.4 is 5.73 Å². The van der Waals surface area contributed by atoms with Crippen LogP contribution in [0.5, 0.6) is 0 Å². The molecule has 1 aromatic carbocycles. The number of benzene rings is 1. The maximum absolute atomic E-state index is 5.68. The first kappa shape index (κ1) is 12.9. The van der Waals surface area contributed by atoms with E-state index in [0.717, 1.165) is 16.9 Å². The molecule has 0 aliphatic heterocycles. The van der Waals surface area contributed by atoms with Crippen LogP contribution in [0.3, 0.4) is 0 Å². The Bertz CT molecular complexity index is 784. The molecule has 0 aliphatic carbocycles. The first-order valence-corrected chi connectivity index (χ1v) is 6.84. The molecule has 0 unspecified atom stereocenters. The average Bonchev–Trinajstić information content (AvgIpc) is 2.85. The van der Waals surface area contributed by atoms with E-state index < -0.39 is 0 Å². The Morgan fingerprint density at radius 3 is 2.55 bits per heavy atom. The molecule has 3 rings (SSSR count). The molecule has 3 aromatic rings. The SMILES string of the molecule is Cc1cc(C)c(-c2cn3ccc(CN)cc3n2)cc1C. The molecule has 2 N–H and O–H groups in total. The van der Waals surface area contributed by atoms with Crippen LogP contribution in [0.2, 0.25) is 0 Å². The Morgan fingerprint density at radius 2 is 1.80 bits per heavy atom. The van der Waals surface area contributed by atoms with Gasteiger partial charge in [-0.3, -0.25) is 0 Å². The van der Waals surface area contributed by atoms with Crippen molar-refractivity contribution in [2.24, 2.45) is 5.73 Å². The Kier molecular flexibility index (Phi) is 3.07. The minimum Gasteiger partial charge on any atom is -0.326 e. The second-order valence-corrected chi connectivity index (χ2v) is 5.38. The van der Waals surface area contributed by atoms with Crippen LogP contribution >= 0.6 is 0 Å². The largest absolute Gasteiger partial charge is 0.326 e. The van der Waals surface area contributed by atoms with Gasteiger partial charge in [0.25, 0.3) is 0 Å². The fourth-order valence-electron chi connectivity index (χ4n) is 2.52. The van der Waals surface area contributed by atoms with Gasteiger partial charge < -0.3 is 10.1 Å². The summed E-state index contributed by atoms with van der Waals surface area (Å²) < 4.78 is 2.04. The normalized spacial score (nSPS) is 11.2. The summed E-state index contributed by atoms with van der Waals surface area (Å²) >= 11 is 0. The molecule has 0 atom stereocenters. The molecule has 3 heteroatoms. The number of rotatable bonds is 2. The van der Waals surface area contributed by atoms with Crippen LogP contribution in [0.1, 0.15) is 22.3 Å². The van der Waals surface area contributed by atoms with Crippen molar-refractivity contribution in [2.75, 3.05) is 0 Å². The molecule has 0 bridgehead atoms. The number of nitrogens with zero attached hydrogens (tertiary/aromatic N) is 2. The van der Waals surface area contributed by atoms with Gasteiger partial charge in [0.05, 0.1) is 5.69 Å². The monoisotopic (exact) mass is 265 g/mol. The molecule has 102 valence electrons. The average molecular weight is 265 g/mol. The lowest BCUT2D eigenvalue weighted by atomic mass is 9.99. The number of aryl methyl sites for hydroxylation is 3. The third kappa shape index (κ3) is 2.10. The highest BCUT2D eigenvalue weighted by molar-refractivity contribution is 5.67. The van der Waals surface area contributed by atoms with E-state index in [1.807, 2.05) is 22.7 Å². The summed E-state index contributed by atoms with van der Waals surface area (Å²) in [5.41, 5.74) is 13.8. The highest BCUT2D eigenvalue weighted by Crippen LogP contribution is 2.26. The maximum atomic E-state index is 5.68. The van der Waals surface area contributed by atoms with Gasteiger partial charge in [-0.05, 0) is 61.2 Å². The van der Waals surface area contributed by atoms with E-state index in [2.05, 4.69) is 39.1 Å². The van der Waals surface area contributed by atoms with Crippen molar-refractivity contribution in [3.05, 3.63) is 58.9 Å². The quantitative estimate of drug-likeness (QED) is 0.772. The highest BCUT2D eigenvalue weighted by Gasteiger charge is 2.09. The summed E-state index contributed by atoms with van der Waals surface area (Å²) in [6, 6.07) is 8.52. The number of aromatic nitrogens is 2. The van der Waals surface area contributed by atoms with Gasteiger partial charge in [-0.1, -0.05) is 6.07 Å². The van der Waals surface area contributed by atoms with Crippen LogP contribution in [0.15, 0.2) is 36.7 Å². The van der Waals surface area contributed by atoms with Gasteiger partial charge in [-0.25, -0.2) is 4.98 Å². The fraction of sp³-hybridized carbons (Fsp3) is 0.235. The fourth-order valence-corrected chi connectivity index (χ4v) is 2.52. The molecule has 2 aromatic heterocycles. The smallest absolute Gasteiger partial charge is 0.137 e. The van der Waals surface area contributed by atoms with E-state index in [9.17, 15) is 0 Å². The molecule has 0 spiro atoms. The third-order valence-corrected chi connectivity index (χ3v) is 3.88. The maximum Gasteiger partial charge on any atom is 0.137 e. The molecular weight excluding hydrogens is 246 g/mol. The van der Waals surface area contributed by atoms with Crippen molar-refractivity contribution in [2.45, 2.75) is 27.3 Å². The van der Waals surface area contributed by atoms with E-state index in [1.54, 1.807) is 0 Å². The number of nitrogens with two attached hydrogens (primary N) is 1. The van der Waals surface area contributed by atoms with Crippen molar-refractivity contribution >= 4 is 5.65 Å². The zero-order valence-electron chi connectivity index (χ0n) is 12.1. The van der Waals surface area contributed by atoms with Crippen LogP contribution in [0.4, 0.5) is 0 Å². The van der Waals surface area contributed by atoms with E-state index in [0.29, 0.717) is 6.54 Å². The molecule has 20 heavy (non-hydrogen) atoms. The molecule has 0 fully saturated rings. The molecule has 0 radical (unpaired) electrons. The topological polar surface area (TPSA) is 43.3 Å². The lowest BCUT2D eigenvalue weighted by Crippen LogP contribution is -1.96. The number of pyridine rings is 1. The Morgan fingerprint density at radius 1 is 1.05 bits per heavy atom. The highest BCUT2D eigenvalue weighted by atomic mass is 15.0. The van der Waals surface area contributed by atoms with Gasteiger partial charge in [0, 0.05) is 24.5 Å². The van der Waals surface area contributed by atoms with Crippen molar-refractivity contribution in [3.8, 4) is 11.3 Å². The molecule has 0 saturated heterocycles. The zero-order valence-corrected chi connectivity index (χ0v) is 12.1. The minimum atomic E-state index is 0.543. The predicted octanol–water partition coefficient (Wildman–Crippen LogP) is 3.39. The van der Waals surface area contributed by atoms with Gasteiger partial charge >= 0.3 is 0 Å². The molecule has 0 saturated carbocycles. The van der Waals surface area contributed by atoms with Gasteiger partial charge in [-0.2, -0.15) is 0 Å². The zero-order chi connectivity index (χ0) is 14.3. The Balaban J connectivity index is 2.17. The van der Waals surface area contributed by atoms with Crippen LogP contribution in [-0.4, -0.2) is 9.38 Å². The van der Waals surface area contributed by atoms with Gasteiger partial charge in [0.15, 0.2) is 0 Å². The van der Waals surface area contributed by atoms with E-state index in [1.165, 1.54) is 22.3 Å². The summed E-state index contributed by atoms with van der Waals surface area (Å²) in [4.78, 5) is 4.73. The van der Waals surface area contributed by atoms with E-state index in [-0.39, 0.29) is 0 Å².